The zero-order valence-corrected chi connectivity index (χ0v) is 12.7. The predicted octanol–water partition coefficient (Wildman–Crippen LogP) is 2.90. The largest absolute Gasteiger partial charge is 0.486 e. The Bertz CT molecular complexity index is 585. The third-order valence-electron chi connectivity index (χ3n) is 3.61. The molecule has 0 bridgehead atoms. The second-order valence-corrected chi connectivity index (χ2v) is 5.89. The first kappa shape index (κ1) is 14.4. The number of rotatable bonds is 5. The highest BCUT2D eigenvalue weighted by molar-refractivity contribution is 7.07. The molecule has 2 unspecified atom stereocenters. The topological polar surface area (TPSA) is 50.7 Å². The van der Waals surface area contributed by atoms with Crippen molar-refractivity contribution in [1.82, 2.24) is 5.32 Å². The lowest BCUT2D eigenvalue weighted by molar-refractivity contribution is 0.169. The van der Waals surface area contributed by atoms with Gasteiger partial charge in [-0.25, -0.2) is 0 Å². The van der Waals surface area contributed by atoms with E-state index in [0.29, 0.717) is 19.8 Å². The molecular weight excluding hydrogens is 286 g/mol. The van der Waals surface area contributed by atoms with Crippen molar-refractivity contribution in [2.24, 2.45) is 0 Å². The van der Waals surface area contributed by atoms with Crippen LogP contribution in [-0.2, 0) is 0 Å². The monoisotopic (exact) mass is 305 g/mol. The van der Waals surface area contributed by atoms with Gasteiger partial charge in [-0.2, -0.15) is 11.3 Å². The summed E-state index contributed by atoms with van der Waals surface area (Å²) in [7, 11) is 0. The molecule has 2 atom stereocenters. The number of benzene rings is 1. The molecule has 0 amide bonds. The Morgan fingerprint density at radius 3 is 2.76 bits per heavy atom. The average Bonchev–Trinajstić information content (AvgIpc) is 3.06. The molecule has 0 spiro atoms. The first-order valence-electron chi connectivity index (χ1n) is 7.07. The minimum Gasteiger partial charge on any atom is -0.486 e. The summed E-state index contributed by atoms with van der Waals surface area (Å²) < 4.78 is 11.1. The van der Waals surface area contributed by atoms with Crippen LogP contribution in [0, 0.1) is 0 Å². The smallest absolute Gasteiger partial charge is 0.161 e. The molecule has 2 aromatic rings. The van der Waals surface area contributed by atoms with Gasteiger partial charge in [-0.15, -0.1) is 0 Å². The minimum absolute atomic E-state index is 0.133. The van der Waals surface area contributed by atoms with Gasteiger partial charge in [0.05, 0.1) is 6.10 Å². The maximum absolute atomic E-state index is 10.1. The standard InChI is InChI=1S/C16H19NO3S/c1-11(17-9-14(18)13-4-7-21-10-13)12-2-3-15-16(8-12)20-6-5-19-15/h2-4,7-8,10-11,14,17-18H,5-6,9H2,1H3. The van der Waals surface area contributed by atoms with Crippen molar-refractivity contribution in [3.63, 3.8) is 0 Å². The van der Waals surface area contributed by atoms with Crippen LogP contribution in [0.1, 0.15) is 30.2 Å². The van der Waals surface area contributed by atoms with Crippen molar-refractivity contribution in [1.29, 1.82) is 0 Å². The molecule has 1 aliphatic heterocycles. The Hall–Kier alpha value is -1.56. The fourth-order valence-electron chi connectivity index (χ4n) is 2.32. The quantitative estimate of drug-likeness (QED) is 0.892. The van der Waals surface area contributed by atoms with Crippen LogP contribution in [0.3, 0.4) is 0 Å². The Labute approximate surface area is 128 Å². The molecule has 0 fully saturated rings. The van der Waals surface area contributed by atoms with E-state index in [4.69, 9.17) is 9.47 Å². The molecule has 2 heterocycles. The van der Waals surface area contributed by atoms with E-state index in [-0.39, 0.29) is 6.04 Å². The summed E-state index contributed by atoms with van der Waals surface area (Å²) in [4.78, 5) is 0. The van der Waals surface area contributed by atoms with E-state index in [2.05, 4.69) is 12.2 Å². The molecule has 3 rings (SSSR count). The zero-order chi connectivity index (χ0) is 14.7. The van der Waals surface area contributed by atoms with Gasteiger partial charge in [-0.05, 0) is 47.0 Å². The first-order chi connectivity index (χ1) is 10.2. The third kappa shape index (κ3) is 3.37. The zero-order valence-electron chi connectivity index (χ0n) is 11.9. The highest BCUT2D eigenvalue weighted by Gasteiger charge is 2.15. The molecule has 21 heavy (non-hydrogen) atoms. The Balaban J connectivity index is 1.61. The van der Waals surface area contributed by atoms with E-state index < -0.39 is 6.10 Å². The lowest BCUT2D eigenvalue weighted by Crippen LogP contribution is -2.24. The molecule has 1 aromatic carbocycles. The lowest BCUT2D eigenvalue weighted by atomic mass is 10.1. The number of nitrogens with one attached hydrogen (secondary N) is 1. The van der Waals surface area contributed by atoms with Crippen LogP contribution < -0.4 is 14.8 Å². The van der Waals surface area contributed by atoms with Gasteiger partial charge in [0.15, 0.2) is 11.5 Å². The summed E-state index contributed by atoms with van der Waals surface area (Å²) in [6.45, 7) is 3.79. The van der Waals surface area contributed by atoms with E-state index in [0.717, 1.165) is 22.6 Å². The molecule has 2 N–H and O–H groups in total. The second-order valence-electron chi connectivity index (χ2n) is 5.11. The Morgan fingerprint density at radius 2 is 2.00 bits per heavy atom. The number of thiophene rings is 1. The number of fused-ring (bicyclic) bond motifs is 1. The molecule has 4 nitrogen and oxygen atoms in total. The summed E-state index contributed by atoms with van der Waals surface area (Å²) in [5, 5.41) is 17.4. The van der Waals surface area contributed by atoms with Crippen molar-refractivity contribution in [2.45, 2.75) is 19.1 Å². The van der Waals surface area contributed by atoms with Crippen LogP contribution in [0.5, 0.6) is 11.5 Å². The molecule has 0 saturated carbocycles. The van der Waals surface area contributed by atoms with Crippen molar-refractivity contribution in [3.05, 3.63) is 46.2 Å². The van der Waals surface area contributed by atoms with Gasteiger partial charge in [0.1, 0.15) is 13.2 Å². The summed E-state index contributed by atoms with van der Waals surface area (Å²) in [6.07, 6.45) is -0.476. The van der Waals surface area contributed by atoms with Gasteiger partial charge in [0.2, 0.25) is 0 Å². The van der Waals surface area contributed by atoms with Crippen LogP contribution in [0.2, 0.25) is 0 Å². The van der Waals surface area contributed by atoms with Gasteiger partial charge in [0.25, 0.3) is 0 Å². The minimum atomic E-state index is -0.476. The molecule has 5 heteroatoms. The van der Waals surface area contributed by atoms with Gasteiger partial charge in [-0.1, -0.05) is 6.07 Å². The van der Waals surface area contributed by atoms with Crippen LogP contribution in [-0.4, -0.2) is 24.9 Å². The lowest BCUT2D eigenvalue weighted by Gasteiger charge is -2.21. The van der Waals surface area contributed by atoms with Crippen molar-refractivity contribution >= 4 is 11.3 Å². The highest BCUT2D eigenvalue weighted by atomic mass is 32.1. The van der Waals surface area contributed by atoms with Crippen LogP contribution >= 0.6 is 11.3 Å². The number of ether oxygens (including phenoxy) is 2. The molecule has 0 radical (unpaired) electrons. The van der Waals surface area contributed by atoms with Crippen molar-refractivity contribution in [2.75, 3.05) is 19.8 Å². The van der Waals surface area contributed by atoms with Gasteiger partial charge >= 0.3 is 0 Å². The molecule has 112 valence electrons. The van der Waals surface area contributed by atoms with Gasteiger partial charge in [0, 0.05) is 12.6 Å². The average molecular weight is 305 g/mol. The normalized spacial score (nSPS) is 16.5. The Morgan fingerprint density at radius 1 is 1.19 bits per heavy atom. The molecule has 1 aliphatic rings. The molecule has 0 saturated heterocycles. The fourth-order valence-corrected chi connectivity index (χ4v) is 3.03. The van der Waals surface area contributed by atoms with E-state index in [9.17, 15) is 5.11 Å². The number of aliphatic hydroxyl groups is 1. The number of aliphatic hydroxyl groups excluding tert-OH is 1. The number of hydrogen-bond donors (Lipinski definition) is 2. The molecule has 0 aliphatic carbocycles. The summed E-state index contributed by atoms with van der Waals surface area (Å²) in [6, 6.07) is 8.06. The fraction of sp³-hybridized carbons (Fsp3) is 0.375. The van der Waals surface area contributed by atoms with E-state index in [1.165, 1.54) is 0 Å². The van der Waals surface area contributed by atoms with Crippen LogP contribution in [0.15, 0.2) is 35.0 Å². The maximum Gasteiger partial charge on any atom is 0.161 e. The molecule has 1 aromatic heterocycles. The van der Waals surface area contributed by atoms with Crippen molar-refractivity contribution in [3.8, 4) is 11.5 Å². The van der Waals surface area contributed by atoms with E-state index in [1.807, 2.05) is 35.0 Å². The van der Waals surface area contributed by atoms with Crippen LogP contribution in [0.25, 0.3) is 0 Å². The summed E-state index contributed by atoms with van der Waals surface area (Å²) in [5.41, 5.74) is 2.08. The summed E-state index contributed by atoms with van der Waals surface area (Å²) >= 11 is 1.60. The predicted molar refractivity (Wildman–Crippen MR) is 83.1 cm³/mol. The summed E-state index contributed by atoms with van der Waals surface area (Å²) in [5.74, 6) is 1.60. The third-order valence-corrected chi connectivity index (χ3v) is 4.31. The highest BCUT2D eigenvalue weighted by Crippen LogP contribution is 2.32. The SMILES string of the molecule is CC(NCC(O)c1ccsc1)c1ccc2c(c1)OCCO2. The first-order valence-corrected chi connectivity index (χ1v) is 8.01. The van der Waals surface area contributed by atoms with Gasteiger partial charge in [-0.3, -0.25) is 0 Å². The van der Waals surface area contributed by atoms with Crippen LogP contribution in [0.4, 0.5) is 0 Å². The number of hydrogen-bond acceptors (Lipinski definition) is 5. The maximum atomic E-state index is 10.1. The second kappa shape index (κ2) is 6.47. The van der Waals surface area contributed by atoms with Gasteiger partial charge < -0.3 is 19.9 Å². The van der Waals surface area contributed by atoms with E-state index in [1.54, 1.807) is 11.3 Å². The molecular formula is C16H19NO3S. The van der Waals surface area contributed by atoms with Crippen molar-refractivity contribution < 1.29 is 14.6 Å². The Kier molecular flexibility index (Phi) is 4.43. The van der Waals surface area contributed by atoms with E-state index >= 15 is 0 Å².